The highest BCUT2D eigenvalue weighted by Crippen LogP contribution is 2.30. The van der Waals surface area contributed by atoms with E-state index in [2.05, 4.69) is 5.32 Å². The molecule has 1 aliphatic heterocycles. The molecule has 5 heteroatoms. The second kappa shape index (κ2) is 6.99. The van der Waals surface area contributed by atoms with Crippen LogP contribution in [0.3, 0.4) is 0 Å². The lowest BCUT2D eigenvalue weighted by atomic mass is 9.98. The van der Waals surface area contributed by atoms with Crippen LogP contribution in [0.4, 0.5) is 8.78 Å². The molecule has 1 fully saturated rings. The van der Waals surface area contributed by atoms with Crippen molar-refractivity contribution in [3.8, 4) is 5.75 Å². The Morgan fingerprint density at radius 3 is 2.60 bits per heavy atom. The molecule has 0 bridgehead atoms. The van der Waals surface area contributed by atoms with E-state index in [-0.39, 0.29) is 23.5 Å². The summed E-state index contributed by atoms with van der Waals surface area (Å²) in [6.45, 7) is 3.29. The SMILES string of the molecule is CCNC(CC1CCCO1)c1c(F)cc(OC)cc1F. The summed E-state index contributed by atoms with van der Waals surface area (Å²) in [5.74, 6) is -0.965. The molecule has 0 amide bonds. The highest BCUT2D eigenvalue weighted by Gasteiger charge is 2.26. The molecule has 0 saturated carbocycles. The summed E-state index contributed by atoms with van der Waals surface area (Å²) in [6.07, 6.45) is 2.60. The van der Waals surface area contributed by atoms with E-state index in [0.29, 0.717) is 13.0 Å². The number of nitrogens with one attached hydrogen (secondary N) is 1. The summed E-state index contributed by atoms with van der Waals surface area (Å²) in [5, 5.41) is 3.14. The third kappa shape index (κ3) is 3.46. The van der Waals surface area contributed by atoms with Gasteiger partial charge in [-0.3, -0.25) is 0 Å². The Hall–Kier alpha value is -1.20. The maximum atomic E-state index is 14.1. The van der Waals surface area contributed by atoms with Gasteiger partial charge in [0.1, 0.15) is 17.4 Å². The molecule has 2 unspecified atom stereocenters. The predicted octanol–water partition coefficient (Wildman–Crippen LogP) is 3.19. The van der Waals surface area contributed by atoms with Gasteiger partial charge in [0, 0.05) is 30.3 Å². The van der Waals surface area contributed by atoms with Gasteiger partial charge in [0.05, 0.1) is 13.2 Å². The quantitative estimate of drug-likeness (QED) is 0.870. The second-order valence-corrected chi connectivity index (χ2v) is 4.99. The van der Waals surface area contributed by atoms with Crippen LogP contribution in [-0.2, 0) is 4.74 Å². The van der Waals surface area contributed by atoms with Crippen molar-refractivity contribution in [1.29, 1.82) is 0 Å². The minimum Gasteiger partial charge on any atom is -0.497 e. The van der Waals surface area contributed by atoms with Crippen molar-refractivity contribution < 1.29 is 18.3 Å². The lowest BCUT2D eigenvalue weighted by Gasteiger charge is -2.23. The second-order valence-electron chi connectivity index (χ2n) is 4.99. The van der Waals surface area contributed by atoms with E-state index >= 15 is 0 Å². The topological polar surface area (TPSA) is 30.5 Å². The van der Waals surface area contributed by atoms with Gasteiger partial charge in [-0.2, -0.15) is 0 Å². The monoisotopic (exact) mass is 285 g/mol. The third-order valence-corrected chi connectivity index (χ3v) is 3.61. The zero-order valence-electron chi connectivity index (χ0n) is 11.9. The predicted molar refractivity (Wildman–Crippen MR) is 72.9 cm³/mol. The molecule has 0 spiro atoms. The summed E-state index contributed by atoms with van der Waals surface area (Å²) in [6, 6.07) is 2.06. The van der Waals surface area contributed by atoms with E-state index in [4.69, 9.17) is 9.47 Å². The number of methoxy groups -OCH3 is 1. The molecule has 1 N–H and O–H groups in total. The smallest absolute Gasteiger partial charge is 0.134 e. The number of hydrogen-bond acceptors (Lipinski definition) is 3. The fourth-order valence-electron chi connectivity index (χ4n) is 2.65. The lowest BCUT2D eigenvalue weighted by molar-refractivity contribution is 0.0939. The highest BCUT2D eigenvalue weighted by atomic mass is 19.1. The number of halogens is 2. The molecule has 112 valence electrons. The maximum absolute atomic E-state index is 14.1. The molecule has 1 aliphatic rings. The number of benzene rings is 1. The Labute approximate surface area is 118 Å². The van der Waals surface area contributed by atoms with E-state index in [1.165, 1.54) is 19.2 Å². The zero-order valence-corrected chi connectivity index (χ0v) is 11.9. The van der Waals surface area contributed by atoms with E-state index in [9.17, 15) is 8.78 Å². The number of hydrogen-bond donors (Lipinski definition) is 1. The first-order valence-corrected chi connectivity index (χ1v) is 7.03. The van der Waals surface area contributed by atoms with Crippen molar-refractivity contribution >= 4 is 0 Å². The van der Waals surface area contributed by atoms with Crippen LogP contribution >= 0.6 is 0 Å². The summed E-state index contributed by atoms with van der Waals surface area (Å²) in [7, 11) is 1.39. The normalized spacial score (nSPS) is 20.1. The van der Waals surface area contributed by atoms with Crippen molar-refractivity contribution in [1.82, 2.24) is 5.32 Å². The van der Waals surface area contributed by atoms with Crippen LogP contribution in [0, 0.1) is 11.6 Å². The highest BCUT2D eigenvalue weighted by molar-refractivity contribution is 5.32. The molecular weight excluding hydrogens is 264 g/mol. The van der Waals surface area contributed by atoms with Gasteiger partial charge >= 0.3 is 0 Å². The first kappa shape index (κ1) is 15.2. The molecule has 0 radical (unpaired) electrons. The first-order chi connectivity index (χ1) is 9.65. The fourth-order valence-corrected chi connectivity index (χ4v) is 2.65. The van der Waals surface area contributed by atoms with Crippen molar-refractivity contribution in [3.05, 3.63) is 29.3 Å². The fraction of sp³-hybridized carbons (Fsp3) is 0.600. The van der Waals surface area contributed by atoms with Crippen molar-refractivity contribution in [2.75, 3.05) is 20.3 Å². The van der Waals surface area contributed by atoms with Gasteiger partial charge in [-0.25, -0.2) is 8.78 Å². The van der Waals surface area contributed by atoms with Crippen LogP contribution in [0.5, 0.6) is 5.75 Å². The molecule has 3 nitrogen and oxygen atoms in total. The molecule has 0 aromatic heterocycles. The van der Waals surface area contributed by atoms with Crippen LogP contribution in [0.1, 0.15) is 37.8 Å². The molecule has 1 saturated heterocycles. The Bertz CT molecular complexity index is 424. The summed E-state index contributed by atoms with van der Waals surface area (Å²) in [5.41, 5.74) is 0.0724. The average molecular weight is 285 g/mol. The standard InChI is InChI=1S/C15H21F2NO2/c1-3-18-14(9-10-5-4-6-20-10)15-12(16)7-11(19-2)8-13(15)17/h7-8,10,14,18H,3-6,9H2,1-2H3. The summed E-state index contributed by atoms with van der Waals surface area (Å²) >= 11 is 0. The van der Waals surface area contributed by atoms with Crippen LogP contribution in [0.25, 0.3) is 0 Å². The van der Waals surface area contributed by atoms with Crippen LogP contribution in [0.15, 0.2) is 12.1 Å². The number of rotatable bonds is 6. The third-order valence-electron chi connectivity index (χ3n) is 3.61. The first-order valence-electron chi connectivity index (χ1n) is 7.03. The lowest BCUT2D eigenvalue weighted by Crippen LogP contribution is -2.27. The Balaban J connectivity index is 2.23. The van der Waals surface area contributed by atoms with E-state index in [1.54, 1.807) is 0 Å². The average Bonchev–Trinajstić information content (AvgIpc) is 2.90. The summed E-state index contributed by atoms with van der Waals surface area (Å²) < 4.78 is 38.7. The van der Waals surface area contributed by atoms with Crippen molar-refractivity contribution in [3.63, 3.8) is 0 Å². The Morgan fingerprint density at radius 2 is 2.10 bits per heavy atom. The van der Waals surface area contributed by atoms with Gasteiger partial charge in [-0.05, 0) is 25.8 Å². The Kier molecular flexibility index (Phi) is 5.31. The molecule has 2 atom stereocenters. The zero-order chi connectivity index (χ0) is 14.5. The number of ether oxygens (including phenoxy) is 2. The van der Waals surface area contributed by atoms with E-state index in [0.717, 1.165) is 19.4 Å². The molecule has 0 aliphatic carbocycles. The van der Waals surface area contributed by atoms with Gasteiger partial charge in [0.25, 0.3) is 0 Å². The minimum absolute atomic E-state index is 0.0694. The minimum atomic E-state index is -0.578. The van der Waals surface area contributed by atoms with Gasteiger partial charge < -0.3 is 14.8 Å². The Morgan fingerprint density at radius 1 is 1.40 bits per heavy atom. The van der Waals surface area contributed by atoms with Gasteiger partial charge in [-0.15, -0.1) is 0 Å². The molecular formula is C15H21F2NO2. The van der Waals surface area contributed by atoms with Crippen LogP contribution < -0.4 is 10.1 Å². The van der Waals surface area contributed by atoms with Crippen molar-refractivity contribution in [2.45, 2.75) is 38.3 Å². The molecule has 1 heterocycles. The largest absolute Gasteiger partial charge is 0.497 e. The molecule has 1 aromatic rings. The summed E-state index contributed by atoms with van der Waals surface area (Å²) in [4.78, 5) is 0. The maximum Gasteiger partial charge on any atom is 0.134 e. The van der Waals surface area contributed by atoms with Gasteiger partial charge in [-0.1, -0.05) is 6.92 Å². The van der Waals surface area contributed by atoms with Gasteiger partial charge in [0.2, 0.25) is 0 Å². The van der Waals surface area contributed by atoms with E-state index < -0.39 is 11.6 Å². The van der Waals surface area contributed by atoms with E-state index in [1.807, 2.05) is 6.92 Å². The van der Waals surface area contributed by atoms with Crippen LogP contribution in [0.2, 0.25) is 0 Å². The van der Waals surface area contributed by atoms with Crippen LogP contribution in [-0.4, -0.2) is 26.4 Å². The van der Waals surface area contributed by atoms with Gasteiger partial charge in [0.15, 0.2) is 0 Å². The molecule has 2 rings (SSSR count). The molecule has 20 heavy (non-hydrogen) atoms. The molecule has 1 aromatic carbocycles. The van der Waals surface area contributed by atoms with Crippen molar-refractivity contribution in [2.24, 2.45) is 0 Å².